The SMILES string of the molecule is CC(C)(O)C(C)(C)OBc1cccc(-c2nc(-c3ccccc3)nc(-c3ccc(-c4cc(-c5cn6ccccc6n5)ccc4Br)cc3)n2)c1. The second-order valence-electron chi connectivity index (χ2n) is 13.1. The summed E-state index contributed by atoms with van der Waals surface area (Å²) in [5.41, 5.74) is 6.85. The Labute approximate surface area is 295 Å². The average molecular weight is 708 g/mol. The molecule has 0 aliphatic carbocycles. The van der Waals surface area contributed by atoms with E-state index in [-0.39, 0.29) is 0 Å². The molecule has 7 rings (SSSR count). The van der Waals surface area contributed by atoms with Crippen LogP contribution in [0.2, 0.25) is 0 Å². The first-order valence-corrected chi connectivity index (χ1v) is 16.9. The highest BCUT2D eigenvalue weighted by molar-refractivity contribution is 9.10. The van der Waals surface area contributed by atoms with Crippen LogP contribution < -0.4 is 5.46 Å². The number of nitrogens with zero attached hydrogens (tertiary/aromatic N) is 5. The number of rotatable bonds is 9. The van der Waals surface area contributed by atoms with E-state index in [0.717, 1.165) is 54.7 Å². The molecule has 1 N–H and O–H groups in total. The number of hydrogen-bond acceptors (Lipinski definition) is 6. The minimum atomic E-state index is -0.998. The van der Waals surface area contributed by atoms with E-state index in [1.165, 1.54) is 0 Å². The molecule has 0 aliphatic heterocycles. The van der Waals surface area contributed by atoms with Gasteiger partial charge in [0.1, 0.15) is 5.65 Å². The number of hydrogen-bond donors (Lipinski definition) is 1. The zero-order valence-electron chi connectivity index (χ0n) is 27.8. The van der Waals surface area contributed by atoms with Crippen LogP contribution in [0.1, 0.15) is 27.7 Å². The molecule has 9 heteroatoms. The van der Waals surface area contributed by atoms with Gasteiger partial charge >= 0.3 is 7.48 Å². The van der Waals surface area contributed by atoms with Gasteiger partial charge in [0.15, 0.2) is 17.5 Å². The Bertz CT molecular complexity index is 2230. The Morgan fingerprint density at radius 3 is 1.94 bits per heavy atom. The van der Waals surface area contributed by atoms with Crippen molar-refractivity contribution < 1.29 is 9.76 Å². The molecule has 7 nitrogen and oxygen atoms in total. The van der Waals surface area contributed by atoms with E-state index in [2.05, 4.69) is 58.4 Å². The standard InChI is InChI=1S/C40H35BBrN5O2/c1-39(2,48)40(3,4)49-41-31-14-10-13-30(23-31)38-45-36(27-11-6-5-7-12-27)44-37(46-38)28-18-16-26(17-19-28)32-24-29(20-21-33(32)42)34-25-47-22-9-8-15-35(47)43-34/h5-25,41,48H,1-4H3. The minimum Gasteiger partial charge on any atom is -0.427 e. The molecular formula is C40H35BBrN5O2. The summed E-state index contributed by atoms with van der Waals surface area (Å²) in [6.45, 7) is 7.30. The fourth-order valence-corrected chi connectivity index (χ4v) is 5.84. The molecule has 0 atom stereocenters. The first-order valence-electron chi connectivity index (χ1n) is 16.2. The van der Waals surface area contributed by atoms with Gasteiger partial charge in [0.05, 0.1) is 16.9 Å². The van der Waals surface area contributed by atoms with Crippen LogP contribution in [-0.4, -0.2) is 48.1 Å². The molecule has 0 saturated heterocycles. The maximum absolute atomic E-state index is 10.6. The zero-order valence-corrected chi connectivity index (χ0v) is 29.4. The Kier molecular flexibility index (Phi) is 8.75. The molecule has 242 valence electrons. The number of pyridine rings is 1. The van der Waals surface area contributed by atoms with E-state index in [1.54, 1.807) is 13.8 Å². The smallest absolute Gasteiger partial charge is 0.309 e. The van der Waals surface area contributed by atoms with E-state index in [1.807, 2.05) is 103 Å². The molecule has 0 radical (unpaired) electrons. The van der Waals surface area contributed by atoms with Crippen molar-refractivity contribution in [3.63, 3.8) is 0 Å². The Morgan fingerprint density at radius 2 is 1.24 bits per heavy atom. The van der Waals surface area contributed by atoms with Crippen LogP contribution in [0.25, 0.3) is 62.2 Å². The molecule has 3 heterocycles. The molecule has 0 spiro atoms. The largest absolute Gasteiger partial charge is 0.427 e. The molecule has 0 fully saturated rings. The van der Waals surface area contributed by atoms with Crippen molar-refractivity contribution in [2.24, 2.45) is 0 Å². The lowest BCUT2D eigenvalue weighted by atomic mass is 9.82. The second-order valence-corrected chi connectivity index (χ2v) is 13.9. The van der Waals surface area contributed by atoms with Crippen LogP contribution >= 0.6 is 15.9 Å². The van der Waals surface area contributed by atoms with Crippen LogP contribution in [-0.2, 0) is 4.65 Å². The lowest BCUT2D eigenvalue weighted by molar-refractivity contribution is -0.0893. The Balaban J connectivity index is 1.22. The van der Waals surface area contributed by atoms with E-state index in [4.69, 9.17) is 24.6 Å². The monoisotopic (exact) mass is 707 g/mol. The first kappa shape index (κ1) is 32.6. The van der Waals surface area contributed by atoms with Gasteiger partial charge < -0.3 is 14.2 Å². The Morgan fingerprint density at radius 1 is 0.633 bits per heavy atom. The number of fused-ring (bicyclic) bond motifs is 1. The highest BCUT2D eigenvalue weighted by Gasteiger charge is 2.35. The summed E-state index contributed by atoms with van der Waals surface area (Å²) in [7, 11) is 0.337. The summed E-state index contributed by atoms with van der Waals surface area (Å²) >= 11 is 3.77. The fourth-order valence-electron chi connectivity index (χ4n) is 5.37. The topological polar surface area (TPSA) is 85.4 Å². The van der Waals surface area contributed by atoms with Crippen LogP contribution in [0.5, 0.6) is 0 Å². The molecule has 0 unspecified atom stereocenters. The van der Waals surface area contributed by atoms with Crippen LogP contribution in [0.3, 0.4) is 0 Å². The van der Waals surface area contributed by atoms with Gasteiger partial charge in [0.25, 0.3) is 0 Å². The van der Waals surface area contributed by atoms with Crippen molar-refractivity contribution in [3.8, 4) is 56.5 Å². The molecule has 0 amide bonds. The predicted molar refractivity (Wildman–Crippen MR) is 202 cm³/mol. The van der Waals surface area contributed by atoms with E-state index in [9.17, 15) is 5.11 Å². The number of aromatic nitrogens is 5. The van der Waals surface area contributed by atoms with Crippen molar-refractivity contribution in [2.75, 3.05) is 0 Å². The van der Waals surface area contributed by atoms with Crippen molar-refractivity contribution in [3.05, 3.63) is 132 Å². The first-order chi connectivity index (χ1) is 23.5. The molecule has 4 aromatic carbocycles. The van der Waals surface area contributed by atoms with Crippen LogP contribution in [0.4, 0.5) is 0 Å². The third-order valence-electron chi connectivity index (χ3n) is 9.01. The molecule has 7 aromatic rings. The van der Waals surface area contributed by atoms with Gasteiger partial charge in [-0.2, -0.15) is 0 Å². The van der Waals surface area contributed by atoms with Gasteiger partial charge in [-0.1, -0.05) is 112 Å². The van der Waals surface area contributed by atoms with Crippen molar-refractivity contribution >= 4 is 34.5 Å². The van der Waals surface area contributed by atoms with E-state index >= 15 is 0 Å². The average Bonchev–Trinajstić information content (AvgIpc) is 3.56. The van der Waals surface area contributed by atoms with Gasteiger partial charge in [-0.15, -0.1) is 0 Å². The van der Waals surface area contributed by atoms with E-state index < -0.39 is 11.2 Å². The fraction of sp³-hybridized carbons (Fsp3) is 0.150. The molecular weight excluding hydrogens is 673 g/mol. The summed E-state index contributed by atoms with van der Waals surface area (Å²) in [5.74, 6) is 1.74. The van der Waals surface area contributed by atoms with Crippen molar-refractivity contribution in [1.82, 2.24) is 24.3 Å². The quantitative estimate of drug-likeness (QED) is 0.153. The molecule has 3 aromatic heterocycles. The third-order valence-corrected chi connectivity index (χ3v) is 9.70. The summed E-state index contributed by atoms with van der Waals surface area (Å²) in [6, 6.07) is 38.5. The van der Waals surface area contributed by atoms with Crippen LogP contribution in [0, 0.1) is 0 Å². The molecule has 0 aliphatic rings. The highest BCUT2D eigenvalue weighted by atomic mass is 79.9. The third kappa shape index (κ3) is 6.96. The number of imidazole rings is 1. The van der Waals surface area contributed by atoms with Gasteiger partial charge in [-0.25, -0.2) is 19.9 Å². The summed E-state index contributed by atoms with van der Waals surface area (Å²) < 4.78 is 9.17. The van der Waals surface area contributed by atoms with Crippen molar-refractivity contribution in [2.45, 2.75) is 38.9 Å². The minimum absolute atomic E-state index is 0.337. The number of halogens is 1. The lowest BCUT2D eigenvalue weighted by Gasteiger charge is -2.37. The normalized spacial score (nSPS) is 12.0. The summed E-state index contributed by atoms with van der Waals surface area (Å²) in [5, 5.41) is 10.6. The predicted octanol–water partition coefficient (Wildman–Crippen LogP) is 8.16. The number of aliphatic hydroxyl groups is 1. The van der Waals surface area contributed by atoms with Gasteiger partial charge in [0, 0.05) is 39.1 Å². The highest BCUT2D eigenvalue weighted by Crippen LogP contribution is 2.34. The number of benzene rings is 4. The lowest BCUT2D eigenvalue weighted by Crippen LogP contribution is -2.49. The van der Waals surface area contributed by atoms with Gasteiger partial charge in [-0.3, -0.25) is 0 Å². The zero-order chi connectivity index (χ0) is 34.2. The van der Waals surface area contributed by atoms with Gasteiger partial charge in [0.2, 0.25) is 0 Å². The van der Waals surface area contributed by atoms with E-state index in [0.29, 0.717) is 25.0 Å². The summed E-state index contributed by atoms with van der Waals surface area (Å²) in [6.07, 6.45) is 4.05. The molecule has 0 bridgehead atoms. The molecule has 0 saturated carbocycles. The van der Waals surface area contributed by atoms with Crippen LogP contribution in [0.15, 0.2) is 132 Å². The molecule has 49 heavy (non-hydrogen) atoms. The maximum atomic E-state index is 10.6. The second kappa shape index (κ2) is 13.2. The van der Waals surface area contributed by atoms with Crippen molar-refractivity contribution in [1.29, 1.82) is 0 Å². The summed E-state index contributed by atoms with van der Waals surface area (Å²) in [4.78, 5) is 19.6. The van der Waals surface area contributed by atoms with Gasteiger partial charge in [-0.05, 0) is 63.1 Å². The maximum Gasteiger partial charge on any atom is 0.309 e. The Hall–Kier alpha value is -4.96.